The number of phenolic OH excluding ortho intramolecular Hbond substituents is 1. The molecule has 0 unspecified atom stereocenters. The molecule has 0 saturated carbocycles. The number of rotatable bonds is 3. The molecule has 8 heteroatoms. The number of amides is 1. The lowest BCUT2D eigenvalue weighted by atomic mass is 10.2. The van der Waals surface area contributed by atoms with Gasteiger partial charge in [-0.15, -0.1) is 0 Å². The normalized spacial score (nSPS) is 10.1. The van der Waals surface area contributed by atoms with Gasteiger partial charge in [0.05, 0.1) is 4.92 Å². The first kappa shape index (κ1) is 14.8. The average Bonchev–Trinajstić information content (AvgIpc) is 2.43. The van der Waals surface area contributed by atoms with E-state index in [0.717, 1.165) is 0 Å². The fourth-order valence-electron chi connectivity index (χ4n) is 1.66. The summed E-state index contributed by atoms with van der Waals surface area (Å²) in [5, 5.41) is 22.9. The van der Waals surface area contributed by atoms with Crippen LogP contribution in [0.4, 0.5) is 17.1 Å². The first-order chi connectivity index (χ1) is 9.90. The van der Waals surface area contributed by atoms with Gasteiger partial charge in [0.25, 0.3) is 11.6 Å². The van der Waals surface area contributed by atoms with Crippen LogP contribution in [0, 0.1) is 10.1 Å². The molecule has 2 aromatic rings. The summed E-state index contributed by atoms with van der Waals surface area (Å²) < 4.78 is 0.530. The van der Waals surface area contributed by atoms with Crippen LogP contribution in [-0.4, -0.2) is 15.9 Å². The second-order valence-electron chi connectivity index (χ2n) is 4.12. The molecular weight excluding hydrogens is 342 g/mol. The number of nitro benzene ring substituents is 1. The van der Waals surface area contributed by atoms with Crippen molar-refractivity contribution in [2.45, 2.75) is 0 Å². The molecule has 2 rings (SSSR count). The predicted molar refractivity (Wildman–Crippen MR) is 81.3 cm³/mol. The monoisotopic (exact) mass is 351 g/mol. The number of phenols is 1. The third-order valence-corrected chi connectivity index (χ3v) is 3.41. The van der Waals surface area contributed by atoms with Crippen molar-refractivity contribution in [3.63, 3.8) is 0 Å². The largest absolute Gasteiger partial charge is 0.505 e. The summed E-state index contributed by atoms with van der Waals surface area (Å²) in [7, 11) is 0. The first-order valence-electron chi connectivity index (χ1n) is 5.73. The van der Waals surface area contributed by atoms with E-state index in [1.54, 1.807) is 0 Å². The van der Waals surface area contributed by atoms with E-state index in [-0.39, 0.29) is 17.0 Å². The van der Waals surface area contributed by atoms with E-state index in [1.807, 2.05) is 0 Å². The number of carbonyl (C=O) groups is 1. The Labute approximate surface area is 127 Å². The Morgan fingerprint density at radius 1 is 1.33 bits per heavy atom. The van der Waals surface area contributed by atoms with Crippen LogP contribution >= 0.6 is 15.9 Å². The zero-order chi connectivity index (χ0) is 15.6. The van der Waals surface area contributed by atoms with Gasteiger partial charge in [-0.3, -0.25) is 14.9 Å². The van der Waals surface area contributed by atoms with Crippen LogP contribution in [0.25, 0.3) is 0 Å². The van der Waals surface area contributed by atoms with E-state index < -0.39 is 16.5 Å². The maximum atomic E-state index is 12.1. The summed E-state index contributed by atoms with van der Waals surface area (Å²) in [6.07, 6.45) is 0. The standard InChI is InChI=1S/C13H10BrN3O4/c14-8-6-7(4-5-9(8)15)13(19)16-12-10(17(20)21)2-1-3-11(12)18/h1-6,18H,15H2,(H,16,19). The molecule has 0 radical (unpaired) electrons. The molecule has 0 spiro atoms. The number of hydrogen-bond acceptors (Lipinski definition) is 5. The van der Waals surface area contributed by atoms with Gasteiger partial charge >= 0.3 is 0 Å². The highest BCUT2D eigenvalue weighted by atomic mass is 79.9. The van der Waals surface area contributed by atoms with Crippen molar-refractivity contribution in [3.8, 4) is 5.75 Å². The summed E-state index contributed by atoms with van der Waals surface area (Å²) >= 11 is 3.19. The summed E-state index contributed by atoms with van der Waals surface area (Å²) in [5.74, 6) is -0.979. The van der Waals surface area contributed by atoms with E-state index >= 15 is 0 Å². The molecule has 0 fully saturated rings. The highest BCUT2D eigenvalue weighted by Gasteiger charge is 2.20. The molecule has 0 aliphatic heterocycles. The Morgan fingerprint density at radius 3 is 2.67 bits per heavy atom. The number of nitrogens with one attached hydrogen (secondary N) is 1. The molecule has 108 valence electrons. The molecule has 0 aromatic heterocycles. The molecule has 1 amide bonds. The van der Waals surface area contributed by atoms with Gasteiger partial charge in [0.2, 0.25) is 0 Å². The molecule has 0 bridgehead atoms. The third kappa shape index (κ3) is 3.11. The van der Waals surface area contributed by atoms with Crippen molar-refractivity contribution in [2.75, 3.05) is 11.1 Å². The predicted octanol–water partition coefficient (Wildman–Crippen LogP) is 2.90. The molecule has 7 nitrogen and oxygen atoms in total. The Bertz CT molecular complexity index is 733. The minimum Gasteiger partial charge on any atom is -0.505 e. The van der Waals surface area contributed by atoms with E-state index in [0.29, 0.717) is 10.2 Å². The lowest BCUT2D eigenvalue weighted by molar-refractivity contribution is -0.384. The molecule has 0 saturated heterocycles. The molecule has 0 atom stereocenters. The number of aromatic hydroxyl groups is 1. The second-order valence-corrected chi connectivity index (χ2v) is 4.97. The first-order valence-corrected chi connectivity index (χ1v) is 6.52. The number of nitrogens with two attached hydrogens (primary N) is 1. The molecule has 21 heavy (non-hydrogen) atoms. The zero-order valence-electron chi connectivity index (χ0n) is 10.5. The molecule has 0 aliphatic carbocycles. The highest BCUT2D eigenvalue weighted by molar-refractivity contribution is 9.10. The van der Waals surface area contributed by atoms with E-state index in [2.05, 4.69) is 21.2 Å². The number of nitrogen functional groups attached to an aromatic ring is 1. The lowest BCUT2D eigenvalue weighted by Gasteiger charge is -2.08. The van der Waals surface area contributed by atoms with Gasteiger partial charge in [-0.05, 0) is 40.2 Å². The number of para-hydroxylation sites is 1. The van der Waals surface area contributed by atoms with Crippen molar-refractivity contribution >= 4 is 38.9 Å². The molecular formula is C13H10BrN3O4. The molecule has 0 aliphatic rings. The van der Waals surface area contributed by atoms with Crippen molar-refractivity contribution < 1.29 is 14.8 Å². The number of hydrogen-bond donors (Lipinski definition) is 3. The number of nitro groups is 1. The number of nitrogens with zero attached hydrogens (tertiary/aromatic N) is 1. The Hall–Kier alpha value is -2.61. The second kappa shape index (κ2) is 5.80. The Kier molecular flexibility index (Phi) is 4.08. The van der Waals surface area contributed by atoms with Gasteiger partial charge in [-0.25, -0.2) is 0 Å². The van der Waals surface area contributed by atoms with Crippen molar-refractivity contribution in [3.05, 3.63) is 56.5 Å². The smallest absolute Gasteiger partial charge is 0.296 e. The highest BCUT2D eigenvalue weighted by Crippen LogP contribution is 2.33. The quantitative estimate of drug-likeness (QED) is 0.340. The Balaban J connectivity index is 2.36. The van der Waals surface area contributed by atoms with Crippen LogP contribution in [0.3, 0.4) is 0 Å². The summed E-state index contributed by atoms with van der Waals surface area (Å²) in [6, 6.07) is 8.24. The molecule has 0 heterocycles. The van der Waals surface area contributed by atoms with Gasteiger partial charge in [-0.1, -0.05) is 6.07 Å². The molecule has 2 aromatic carbocycles. The summed E-state index contributed by atoms with van der Waals surface area (Å²) in [5.41, 5.74) is 5.68. The van der Waals surface area contributed by atoms with Crippen LogP contribution in [0.5, 0.6) is 5.75 Å². The number of halogens is 1. The summed E-state index contributed by atoms with van der Waals surface area (Å²) in [4.78, 5) is 22.3. The van der Waals surface area contributed by atoms with E-state index in [1.165, 1.54) is 36.4 Å². The lowest BCUT2D eigenvalue weighted by Crippen LogP contribution is -2.13. The zero-order valence-corrected chi connectivity index (χ0v) is 12.1. The fourth-order valence-corrected chi connectivity index (χ4v) is 2.04. The minimum absolute atomic E-state index is 0.244. The van der Waals surface area contributed by atoms with Crippen molar-refractivity contribution in [2.24, 2.45) is 0 Å². The topological polar surface area (TPSA) is 118 Å². The average molecular weight is 352 g/mol. The van der Waals surface area contributed by atoms with Gasteiger partial charge in [0.1, 0.15) is 5.75 Å². The van der Waals surface area contributed by atoms with Crippen LogP contribution < -0.4 is 11.1 Å². The number of anilines is 2. The number of benzene rings is 2. The van der Waals surface area contributed by atoms with E-state index in [9.17, 15) is 20.0 Å². The van der Waals surface area contributed by atoms with Gasteiger partial charge in [-0.2, -0.15) is 0 Å². The molecule has 4 N–H and O–H groups in total. The Morgan fingerprint density at radius 2 is 2.05 bits per heavy atom. The minimum atomic E-state index is -0.686. The number of carbonyl (C=O) groups excluding carboxylic acids is 1. The SMILES string of the molecule is Nc1ccc(C(=O)Nc2c(O)cccc2[N+](=O)[O-])cc1Br. The van der Waals surface area contributed by atoms with Crippen LogP contribution in [0.1, 0.15) is 10.4 Å². The van der Waals surface area contributed by atoms with E-state index in [4.69, 9.17) is 5.73 Å². The van der Waals surface area contributed by atoms with Crippen LogP contribution in [0.15, 0.2) is 40.9 Å². The van der Waals surface area contributed by atoms with Crippen molar-refractivity contribution in [1.82, 2.24) is 0 Å². The summed E-state index contributed by atoms with van der Waals surface area (Å²) in [6.45, 7) is 0. The van der Waals surface area contributed by atoms with Gasteiger partial charge in [0.15, 0.2) is 5.69 Å². The van der Waals surface area contributed by atoms with Gasteiger partial charge < -0.3 is 16.2 Å². The van der Waals surface area contributed by atoms with Crippen LogP contribution in [0.2, 0.25) is 0 Å². The fraction of sp³-hybridized carbons (Fsp3) is 0. The van der Waals surface area contributed by atoms with Crippen LogP contribution in [-0.2, 0) is 0 Å². The van der Waals surface area contributed by atoms with Crippen molar-refractivity contribution in [1.29, 1.82) is 0 Å². The maximum Gasteiger partial charge on any atom is 0.296 e. The van der Waals surface area contributed by atoms with Gasteiger partial charge in [0, 0.05) is 21.8 Å². The maximum absolute atomic E-state index is 12.1. The third-order valence-electron chi connectivity index (χ3n) is 2.72.